The molecule has 0 heterocycles. The lowest BCUT2D eigenvalue weighted by Crippen LogP contribution is -2.10. The van der Waals surface area contributed by atoms with Gasteiger partial charge in [-0.15, -0.1) is 0 Å². The smallest absolute Gasteiger partial charge is 0.0462 e. The van der Waals surface area contributed by atoms with Crippen LogP contribution in [0.25, 0.3) is 66.1 Å². The van der Waals surface area contributed by atoms with E-state index in [9.17, 15) is 0 Å². The van der Waals surface area contributed by atoms with Gasteiger partial charge in [0.15, 0.2) is 0 Å². The topological polar surface area (TPSA) is 6.48 Å². The average Bonchev–Trinajstić information content (AvgIpc) is 3.46. The van der Waals surface area contributed by atoms with Crippen molar-refractivity contribution in [3.63, 3.8) is 0 Å². The van der Waals surface area contributed by atoms with E-state index in [0.29, 0.717) is 0 Å². The van der Waals surface area contributed by atoms with Crippen LogP contribution in [-0.4, -0.2) is 0 Å². The molecule has 0 fully saturated rings. The second-order valence-corrected chi connectivity index (χ2v) is 19.5. The third kappa shape index (κ3) is 9.74. The van der Waals surface area contributed by atoms with E-state index in [1.807, 2.05) is 0 Å². The molecule has 0 spiro atoms. The number of anilines is 6. The lowest BCUT2D eigenvalue weighted by Gasteiger charge is -2.26. The van der Waals surface area contributed by atoms with Crippen molar-refractivity contribution >= 4 is 55.7 Å². The molecule has 0 saturated carbocycles. The first-order valence-electron chi connectivity index (χ1n) is 25.8. The van der Waals surface area contributed by atoms with Gasteiger partial charge in [-0.05, 0) is 183 Å². The monoisotopic (exact) mass is 948 g/mol. The van der Waals surface area contributed by atoms with E-state index in [-0.39, 0.29) is 0 Å². The Hall–Kier alpha value is -9.24. The normalized spacial score (nSPS) is 11.2. The van der Waals surface area contributed by atoms with Crippen LogP contribution in [0.15, 0.2) is 279 Å². The molecule has 0 bridgehead atoms. The van der Waals surface area contributed by atoms with E-state index in [1.54, 1.807) is 0 Å². The van der Waals surface area contributed by atoms with Crippen LogP contribution in [-0.2, 0) is 12.8 Å². The molecular formula is C72H56N2. The number of hydrogen-bond donors (Lipinski definition) is 0. The van der Waals surface area contributed by atoms with Crippen molar-refractivity contribution in [3.8, 4) is 44.5 Å². The van der Waals surface area contributed by atoms with E-state index in [1.165, 1.54) is 88.3 Å². The Morgan fingerprint density at radius 1 is 0.243 bits per heavy atom. The zero-order chi connectivity index (χ0) is 49.8. The molecule has 0 aliphatic carbocycles. The fourth-order valence-corrected chi connectivity index (χ4v) is 10.3. The molecule has 0 aromatic heterocycles. The maximum absolute atomic E-state index is 2.35. The number of aryl methyl sites for hydroxylation is 4. The second-order valence-electron chi connectivity index (χ2n) is 19.5. The first-order valence-corrected chi connectivity index (χ1v) is 25.8. The molecule has 0 saturated heterocycles. The molecule has 0 atom stereocenters. The fourth-order valence-electron chi connectivity index (χ4n) is 10.3. The Balaban J connectivity index is 0.734. The van der Waals surface area contributed by atoms with Crippen molar-refractivity contribution in [1.82, 2.24) is 0 Å². The summed E-state index contributed by atoms with van der Waals surface area (Å²) in [6, 6.07) is 102. The molecule has 354 valence electrons. The van der Waals surface area contributed by atoms with Crippen LogP contribution in [0.3, 0.4) is 0 Å². The summed E-state index contributed by atoms with van der Waals surface area (Å²) >= 11 is 0. The third-order valence-corrected chi connectivity index (χ3v) is 14.5. The molecule has 0 aliphatic heterocycles. The molecule has 74 heavy (non-hydrogen) atoms. The van der Waals surface area contributed by atoms with Crippen molar-refractivity contribution in [2.75, 3.05) is 9.80 Å². The minimum absolute atomic E-state index is 0.949. The van der Waals surface area contributed by atoms with Crippen LogP contribution in [0.5, 0.6) is 0 Å². The molecular weight excluding hydrogens is 893 g/mol. The van der Waals surface area contributed by atoms with Gasteiger partial charge < -0.3 is 9.80 Å². The van der Waals surface area contributed by atoms with Gasteiger partial charge in [0.1, 0.15) is 0 Å². The Morgan fingerprint density at radius 2 is 0.568 bits per heavy atom. The van der Waals surface area contributed by atoms with Gasteiger partial charge in [-0.3, -0.25) is 0 Å². The molecule has 0 radical (unpaired) electrons. The predicted molar refractivity (Wildman–Crippen MR) is 316 cm³/mol. The van der Waals surface area contributed by atoms with E-state index < -0.39 is 0 Å². The maximum atomic E-state index is 2.35. The summed E-state index contributed by atoms with van der Waals surface area (Å²) in [6.45, 7) is 4.28. The summed E-state index contributed by atoms with van der Waals surface area (Å²) in [5.74, 6) is 0. The highest BCUT2D eigenvalue weighted by Crippen LogP contribution is 2.39. The summed E-state index contributed by atoms with van der Waals surface area (Å²) < 4.78 is 0. The highest BCUT2D eigenvalue weighted by molar-refractivity contribution is 5.97. The Morgan fingerprint density at radius 3 is 1.03 bits per heavy atom. The molecule has 0 amide bonds. The zero-order valence-corrected chi connectivity index (χ0v) is 41.9. The summed E-state index contributed by atoms with van der Waals surface area (Å²) in [5, 5.41) is 5.06. The molecule has 2 nitrogen and oxygen atoms in total. The lowest BCUT2D eigenvalue weighted by molar-refractivity contribution is 0.959. The first kappa shape index (κ1) is 45.9. The quantitative estimate of drug-likeness (QED) is 0.114. The van der Waals surface area contributed by atoms with Crippen molar-refractivity contribution in [1.29, 1.82) is 0 Å². The number of fused-ring (bicyclic) bond motifs is 2. The number of rotatable bonds is 13. The maximum Gasteiger partial charge on any atom is 0.0462 e. The molecule has 12 rings (SSSR count). The van der Waals surface area contributed by atoms with Gasteiger partial charge in [-0.1, -0.05) is 211 Å². The van der Waals surface area contributed by atoms with Crippen molar-refractivity contribution in [2.24, 2.45) is 0 Å². The van der Waals surface area contributed by atoms with Crippen LogP contribution in [0.4, 0.5) is 34.1 Å². The van der Waals surface area contributed by atoms with Crippen LogP contribution in [0.1, 0.15) is 22.3 Å². The van der Waals surface area contributed by atoms with Gasteiger partial charge in [0.2, 0.25) is 0 Å². The van der Waals surface area contributed by atoms with Gasteiger partial charge in [-0.25, -0.2) is 0 Å². The number of benzene rings is 12. The summed E-state index contributed by atoms with van der Waals surface area (Å²) in [4.78, 5) is 4.71. The lowest BCUT2D eigenvalue weighted by atomic mass is 9.96. The highest BCUT2D eigenvalue weighted by atomic mass is 15.1. The average molecular weight is 949 g/mol. The predicted octanol–water partition coefficient (Wildman–Crippen LogP) is 20.0. The van der Waals surface area contributed by atoms with E-state index in [0.717, 1.165) is 47.0 Å². The minimum Gasteiger partial charge on any atom is -0.311 e. The van der Waals surface area contributed by atoms with Crippen LogP contribution in [0.2, 0.25) is 0 Å². The first-order chi connectivity index (χ1) is 36.5. The van der Waals surface area contributed by atoms with Gasteiger partial charge in [0.05, 0.1) is 0 Å². The van der Waals surface area contributed by atoms with Crippen LogP contribution < -0.4 is 9.80 Å². The molecule has 12 aromatic carbocycles. The molecule has 0 N–H and O–H groups in total. The van der Waals surface area contributed by atoms with Gasteiger partial charge in [0, 0.05) is 34.1 Å². The van der Waals surface area contributed by atoms with Crippen molar-refractivity contribution in [2.45, 2.75) is 26.7 Å². The summed E-state index contributed by atoms with van der Waals surface area (Å²) in [7, 11) is 0. The van der Waals surface area contributed by atoms with E-state index in [4.69, 9.17) is 0 Å². The molecule has 0 unspecified atom stereocenters. The second kappa shape index (κ2) is 20.5. The Bertz CT molecular complexity index is 3830. The van der Waals surface area contributed by atoms with Gasteiger partial charge in [-0.2, -0.15) is 0 Å². The van der Waals surface area contributed by atoms with E-state index in [2.05, 4.69) is 303 Å². The largest absolute Gasteiger partial charge is 0.311 e. The Kier molecular flexibility index (Phi) is 12.7. The van der Waals surface area contributed by atoms with Gasteiger partial charge in [0.25, 0.3) is 0 Å². The Labute approximate surface area is 435 Å². The number of nitrogens with zero attached hydrogens (tertiary/aromatic N) is 2. The summed E-state index contributed by atoms with van der Waals surface area (Å²) in [6.07, 6.45) is 1.90. The summed E-state index contributed by atoms with van der Waals surface area (Å²) in [5.41, 5.74) is 21.6. The van der Waals surface area contributed by atoms with Crippen molar-refractivity contribution in [3.05, 3.63) is 301 Å². The number of hydrogen-bond acceptors (Lipinski definition) is 2. The van der Waals surface area contributed by atoms with E-state index >= 15 is 0 Å². The molecule has 0 aliphatic rings. The van der Waals surface area contributed by atoms with Crippen LogP contribution in [0, 0.1) is 13.8 Å². The third-order valence-electron chi connectivity index (χ3n) is 14.5. The fraction of sp³-hybridized carbons (Fsp3) is 0.0556. The standard InChI is InChI=1S/C72H56N2/c1-51-14-38-65(39-15-51)73(69-46-34-58(35-47-69)56-24-26-60(27-25-56)64-33-30-55-8-3-4-10-63(55)50-64)67-42-20-53(21-43-67)18-19-54-22-44-68(45-23-54)74(66-40-16-52(2)17-41-66)70-48-36-59(37-49-70)57-28-31-62(32-29-57)72-13-7-11-61-9-5-6-12-71(61)72/h3-17,20-50H,18-19H2,1-2H3. The molecule has 2 heteroatoms. The SMILES string of the molecule is Cc1ccc(N(c2ccc(CCc3ccc(N(c4ccc(C)cc4)c4ccc(-c5ccc(-c6cccc7ccccc67)cc5)cc4)cc3)cc2)c2ccc(-c3ccc(-c4ccc5ccccc5c4)cc3)cc2)cc1. The van der Waals surface area contributed by atoms with Crippen molar-refractivity contribution < 1.29 is 0 Å². The highest BCUT2D eigenvalue weighted by Gasteiger charge is 2.16. The van der Waals surface area contributed by atoms with Crippen LogP contribution >= 0.6 is 0 Å². The van der Waals surface area contributed by atoms with Gasteiger partial charge >= 0.3 is 0 Å². The molecule has 12 aromatic rings. The minimum atomic E-state index is 0.949. The zero-order valence-electron chi connectivity index (χ0n) is 41.9.